The molecule has 0 radical (unpaired) electrons. The molecule has 1 aromatic heterocycles. The smallest absolute Gasteiger partial charge is 0.254 e. The Labute approximate surface area is 188 Å². The van der Waals surface area contributed by atoms with Crippen LogP contribution in [0.25, 0.3) is 10.1 Å². The molecule has 0 saturated carbocycles. The summed E-state index contributed by atoms with van der Waals surface area (Å²) in [4.78, 5) is 19.9. The number of anilines is 1. The lowest BCUT2D eigenvalue weighted by atomic mass is 10.0. The maximum atomic E-state index is 12.9. The number of nitrogens with zero attached hydrogens (tertiary/aromatic N) is 4. The van der Waals surface area contributed by atoms with Crippen LogP contribution in [-0.4, -0.2) is 65.9 Å². The number of fused-ring (bicyclic) bond motifs is 2. The first kappa shape index (κ1) is 20.5. The lowest BCUT2D eigenvalue weighted by molar-refractivity contribution is 0.0756. The van der Waals surface area contributed by atoms with Crippen molar-refractivity contribution in [2.75, 3.05) is 50.7 Å². The normalized spacial score (nSPS) is 17.7. The molecule has 0 bridgehead atoms. The van der Waals surface area contributed by atoms with Crippen LogP contribution in [-0.2, 0) is 6.42 Å². The fourth-order valence-electron chi connectivity index (χ4n) is 4.81. The number of amides is 1. The van der Waals surface area contributed by atoms with E-state index in [2.05, 4.69) is 45.0 Å². The number of carbonyl (C=O) groups excluding carboxylic acids is 1. The monoisotopic (exact) mass is 434 g/mol. The Balaban J connectivity index is 1.07. The summed E-state index contributed by atoms with van der Waals surface area (Å²) in [5.41, 5.74) is 2.12. The van der Waals surface area contributed by atoms with Crippen molar-refractivity contribution in [3.63, 3.8) is 0 Å². The average Bonchev–Trinajstić information content (AvgIpc) is 3.18. The molecule has 5 nitrogen and oxygen atoms in total. The summed E-state index contributed by atoms with van der Waals surface area (Å²) in [5.74, 6) is 1.37. The van der Waals surface area contributed by atoms with Crippen LogP contribution in [0.5, 0.6) is 0 Å². The van der Waals surface area contributed by atoms with Crippen LogP contribution in [0.4, 0.5) is 5.82 Å². The van der Waals surface area contributed by atoms with Crippen LogP contribution in [0.3, 0.4) is 0 Å². The van der Waals surface area contributed by atoms with Crippen LogP contribution in [0.2, 0.25) is 0 Å². The van der Waals surface area contributed by atoms with Crippen molar-refractivity contribution in [1.29, 1.82) is 0 Å². The van der Waals surface area contributed by atoms with E-state index in [9.17, 15) is 4.79 Å². The number of aromatic nitrogens is 1. The molecule has 1 fully saturated rings. The number of piperazine rings is 1. The van der Waals surface area contributed by atoms with Gasteiger partial charge in [-0.3, -0.25) is 9.69 Å². The van der Waals surface area contributed by atoms with Crippen LogP contribution < -0.4 is 4.90 Å². The minimum atomic E-state index is 0.220. The number of rotatable bonds is 6. The van der Waals surface area contributed by atoms with Gasteiger partial charge in [0.15, 0.2) is 0 Å². The molecule has 1 saturated heterocycles. The Morgan fingerprint density at radius 1 is 0.871 bits per heavy atom. The van der Waals surface area contributed by atoms with Gasteiger partial charge in [0.05, 0.1) is 4.70 Å². The third-order valence-electron chi connectivity index (χ3n) is 6.59. The van der Waals surface area contributed by atoms with E-state index in [0.717, 1.165) is 82.9 Å². The van der Waals surface area contributed by atoms with Crippen molar-refractivity contribution < 1.29 is 4.79 Å². The van der Waals surface area contributed by atoms with Gasteiger partial charge < -0.3 is 9.80 Å². The van der Waals surface area contributed by atoms with Crippen molar-refractivity contribution in [2.24, 2.45) is 0 Å². The minimum absolute atomic E-state index is 0.220. The first-order chi connectivity index (χ1) is 15.3. The summed E-state index contributed by atoms with van der Waals surface area (Å²) in [7, 11) is 0. The van der Waals surface area contributed by atoms with Crippen molar-refractivity contribution in [3.05, 3.63) is 59.7 Å². The average molecular weight is 435 g/mol. The second-order valence-corrected chi connectivity index (χ2v) is 9.40. The third-order valence-corrected chi connectivity index (χ3v) is 7.41. The number of aryl methyl sites for hydroxylation is 1. The summed E-state index contributed by atoms with van der Waals surface area (Å²) in [6, 6.07) is 16.6. The molecule has 5 rings (SSSR count). The number of hydrogen-bond donors (Lipinski definition) is 0. The van der Waals surface area contributed by atoms with Gasteiger partial charge in [0.1, 0.15) is 5.82 Å². The minimum Gasteiger partial charge on any atom is -0.353 e. The summed E-state index contributed by atoms with van der Waals surface area (Å²) in [6.07, 6.45) is 4.29. The molecule has 2 aliphatic heterocycles. The Bertz CT molecular complexity index is 1040. The summed E-state index contributed by atoms with van der Waals surface area (Å²) < 4.78 is 5.98. The second kappa shape index (κ2) is 9.37. The predicted octanol–water partition coefficient (Wildman–Crippen LogP) is 4.29. The molecule has 1 amide bonds. The van der Waals surface area contributed by atoms with Gasteiger partial charge >= 0.3 is 0 Å². The Morgan fingerprint density at radius 2 is 1.65 bits per heavy atom. The first-order valence-electron chi connectivity index (χ1n) is 11.5. The van der Waals surface area contributed by atoms with Crippen LogP contribution in [0, 0.1) is 0 Å². The zero-order chi connectivity index (χ0) is 21.0. The van der Waals surface area contributed by atoms with E-state index in [1.165, 1.54) is 15.6 Å². The lowest BCUT2D eigenvalue weighted by Crippen LogP contribution is -2.46. The zero-order valence-electron chi connectivity index (χ0n) is 18.0. The molecule has 0 atom stereocenters. The lowest BCUT2D eigenvalue weighted by Gasteiger charge is -2.35. The highest BCUT2D eigenvalue weighted by molar-refractivity contribution is 7.13. The number of benzene rings is 2. The molecule has 0 unspecified atom stereocenters. The maximum Gasteiger partial charge on any atom is 0.254 e. The van der Waals surface area contributed by atoms with Crippen molar-refractivity contribution in [1.82, 2.24) is 14.2 Å². The predicted molar refractivity (Wildman–Crippen MR) is 128 cm³/mol. The molecule has 2 aliphatic rings. The fraction of sp³-hybridized carbons (Fsp3) is 0.440. The standard InChI is InChI=1S/C25H30N4OS/c30-25-21-10-2-1-8-20(21)9-7-15-29(25)14-6-5-13-27-16-18-28(19-17-27)24-22-11-3-4-12-23(22)31-26-24/h1-4,8,10-12H,5-7,9,13-19H2. The van der Waals surface area contributed by atoms with E-state index in [-0.39, 0.29) is 5.91 Å². The largest absolute Gasteiger partial charge is 0.353 e. The number of unbranched alkanes of at least 4 members (excludes halogenated alkanes) is 1. The topological polar surface area (TPSA) is 39.7 Å². The van der Waals surface area contributed by atoms with E-state index in [4.69, 9.17) is 4.37 Å². The summed E-state index contributed by atoms with van der Waals surface area (Å²) in [5, 5.41) is 1.28. The van der Waals surface area contributed by atoms with Gasteiger partial charge in [-0.1, -0.05) is 30.3 Å². The van der Waals surface area contributed by atoms with E-state index in [1.54, 1.807) is 11.5 Å². The Hall–Kier alpha value is -2.44. The molecule has 162 valence electrons. The van der Waals surface area contributed by atoms with E-state index >= 15 is 0 Å². The van der Waals surface area contributed by atoms with E-state index in [1.807, 2.05) is 18.2 Å². The van der Waals surface area contributed by atoms with Crippen LogP contribution in [0.15, 0.2) is 48.5 Å². The summed E-state index contributed by atoms with van der Waals surface area (Å²) >= 11 is 1.60. The molecule has 31 heavy (non-hydrogen) atoms. The van der Waals surface area contributed by atoms with Gasteiger partial charge in [0.25, 0.3) is 5.91 Å². The van der Waals surface area contributed by atoms with Gasteiger partial charge in [-0.25, -0.2) is 0 Å². The highest BCUT2D eigenvalue weighted by Gasteiger charge is 2.22. The van der Waals surface area contributed by atoms with Crippen LogP contribution in [0.1, 0.15) is 35.2 Å². The third kappa shape index (κ3) is 4.46. The fourth-order valence-corrected chi connectivity index (χ4v) is 5.61. The highest BCUT2D eigenvalue weighted by Crippen LogP contribution is 2.29. The van der Waals surface area contributed by atoms with E-state index in [0.29, 0.717) is 0 Å². The molecule has 3 aromatic rings. The molecule has 0 spiro atoms. The molecule has 3 heterocycles. The van der Waals surface area contributed by atoms with Gasteiger partial charge in [0, 0.05) is 50.2 Å². The van der Waals surface area contributed by atoms with E-state index < -0.39 is 0 Å². The quantitative estimate of drug-likeness (QED) is 0.543. The molecular weight excluding hydrogens is 404 g/mol. The Morgan fingerprint density at radius 3 is 2.55 bits per heavy atom. The van der Waals surface area contributed by atoms with Crippen LogP contribution >= 0.6 is 11.5 Å². The number of carbonyl (C=O) groups is 1. The zero-order valence-corrected chi connectivity index (χ0v) is 18.8. The Kier molecular flexibility index (Phi) is 6.18. The maximum absolute atomic E-state index is 12.9. The SMILES string of the molecule is O=C1c2ccccc2CCCN1CCCCN1CCN(c2nsc3ccccc23)CC1. The van der Waals surface area contributed by atoms with Gasteiger partial charge in [-0.2, -0.15) is 4.37 Å². The van der Waals surface area contributed by atoms with Crippen molar-refractivity contribution >= 4 is 33.3 Å². The number of hydrogen-bond acceptors (Lipinski definition) is 5. The molecule has 2 aromatic carbocycles. The molecule has 0 aliphatic carbocycles. The molecule has 6 heteroatoms. The highest BCUT2D eigenvalue weighted by atomic mass is 32.1. The van der Waals surface area contributed by atoms with Gasteiger partial charge in [-0.05, 0) is 67.5 Å². The van der Waals surface area contributed by atoms with Gasteiger partial charge in [-0.15, -0.1) is 0 Å². The van der Waals surface area contributed by atoms with Gasteiger partial charge in [0.2, 0.25) is 0 Å². The van der Waals surface area contributed by atoms with Crippen molar-refractivity contribution in [3.8, 4) is 0 Å². The molecular formula is C25H30N4OS. The second-order valence-electron chi connectivity index (χ2n) is 8.59. The summed E-state index contributed by atoms with van der Waals surface area (Å²) in [6.45, 7) is 7.12. The molecule has 0 N–H and O–H groups in total. The van der Waals surface area contributed by atoms with Crippen molar-refractivity contribution in [2.45, 2.75) is 25.7 Å². The first-order valence-corrected chi connectivity index (χ1v) is 12.3.